The third-order valence-corrected chi connectivity index (χ3v) is 7.11. The van der Waals surface area contributed by atoms with Gasteiger partial charge in [0.25, 0.3) is 0 Å². The summed E-state index contributed by atoms with van der Waals surface area (Å²) in [6, 6.07) is 7.77. The summed E-state index contributed by atoms with van der Waals surface area (Å²) in [7, 11) is -3.29. The van der Waals surface area contributed by atoms with Crippen LogP contribution in [0.25, 0.3) is 0 Å². The minimum Gasteiger partial charge on any atom is -0.327 e. The van der Waals surface area contributed by atoms with Gasteiger partial charge >= 0.3 is 0 Å². The van der Waals surface area contributed by atoms with E-state index in [2.05, 4.69) is 6.92 Å². The molecule has 116 valence electrons. The Morgan fingerprint density at radius 3 is 2.52 bits per heavy atom. The first kappa shape index (κ1) is 15.0. The Balaban J connectivity index is 1.73. The molecule has 1 fully saturated rings. The van der Waals surface area contributed by atoms with Crippen molar-refractivity contribution in [2.24, 2.45) is 11.7 Å². The average Bonchev–Trinajstić information content (AvgIpc) is 2.78. The van der Waals surface area contributed by atoms with E-state index in [0.29, 0.717) is 17.4 Å². The van der Waals surface area contributed by atoms with Crippen LogP contribution in [0.1, 0.15) is 44.6 Å². The number of hydrogen-bond donors (Lipinski definition) is 1. The molecule has 1 atom stereocenters. The van der Waals surface area contributed by atoms with E-state index < -0.39 is 10.0 Å². The van der Waals surface area contributed by atoms with Crippen LogP contribution >= 0.6 is 0 Å². The van der Waals surface area contributed by atoms with Gasteiger partial charge in [0.2, 0.25) is 10.0 Å². The monoisotopic (exact) mass is 308 g/mol. The van der Waals surface area contributed by atoms with Crippen LogP contribution in [-0.2, 0) is 16.6 Å². The summed E-state index contributed by atoms with van der Waals surface area (Å²) >= 11 is 0. The van der Waals surface area contributed by atoms with Crippen LogP contribution < -0.4 is 5.73 Å². The second-order valence-corrected chi connectivity index (χ2v) is 8.16. The zero-order chi connectivity index (χ0) is 15.0. The fraction of sp³-hybridized carbons (Fsp3) is 0.625. The molecule has 0 amide bonds. The molecule has 21 heavy (non-hydrogen) atoms. The fourth-order valence-corrected chi connectivity index (χ4v) is 5.62. The quantitative estimate of drug-likeness (QED) is 0.933. The molecule has 0 saturated heterocycles. The number of hydrogen-bond acceptors (Lipinski definition) is 3. The Bertz CT molecular complexity index is 606. The van der Waals surface area contributed by atoms with E-state index in [-0.39, 0.29) is 12.1 Å². The van der Waals surface area contributed by atoms with Crippen molar-refractivity contribution in [2.45, 2.75) is 62.6 Å². The maximum atomic E-state index is 12.7. The third kappa shape index (κ3) is 2.62. The van der Waals surface area contributed by atoms with Crippen molar-refractivity contribution in [1.29, 1.82) is 0 Å². The summed E-state index contributed by atoms with van der Waals surface area (Å²) < 4.78 is 27.0. The number of sulfonamides is 1. The molecular formula is C16H24N2O2S. The number of rotatable bonds is 3. The summed E-state index contributed by atoms with van der Waals surface area (Å²) in [5, 5.41) is 0. The third-order valence-electron chi connectivity index (χ3n) is 5.11. The van der Waals surface area contributed by atoms with Crippen molar-refractivity contribution in [3.8, 4) is 0 Å². The van der Waals surface area contributed by atoms with Crippen LogP contribution in [-0.4, -0.2) is 24.8 Å². The van der Waals surface area contributed by atoms with E-state index in [1.807, 2.05) is 12.1 Å². The molecule has 2 N–H and O–H groups in total. The standard InChI is InChI=1S/C16H24N2O2S/c1-2-15(17)12-7-9-14(10-8-12)18-11-13-5-3-4-6-16(13)21(18,19)20/h3-6,12,14-15H,2,7-11,17H2,1H3. The van der Waals surface area contributed by atoms with Crippen molar-refractivity contribution in [3.63, 3.8) is 0 Å². The number of fused-ring (bicyclic) bond motifs is 1. The van der Waals surface area contributed by atoms with Crippen LogP contribution in [0.2, 0.25) is 0 Å². The molecule has 0 bridgehead atoms. The Morgan fingerprint density at radius 1 is 1.24 bits per heavy atom. The van der Waals surface area contributed by atoms with E-state index >= 15 is 0 Å². The van der Waals surface area contributed by atoms with Crippen LogP contribution in [0.15, 0.2) is 29.2 Å². The summed E-state index contributed by atoms with van der Waals surface area (Å²) in [5.41, 5.74) is 7.07. The second kappa shape index (κ2) is 5.71. The number of benzene rings is 1. The van der Waals surface area contributed by atoms with Crippen LogP contribution in [0.5, 0.6) is 0 Å². The highest BCUT2D eigenvalue weighted by Crippen LogP contribution is 2.37. The van der Waals surface area contributed by atoms with Crippen LogP contribution in [0.4, 0.5) is 0 Å². The smallest absolute Gasteiger partial charge is 0.243 e. The minimum absolute atomic E-state index is 0.141. The zero-order valence-electron chi connectivity index (χ0n) is 12.5. The number of nitrogens with zero attached hydrogens (tertiary/aromatic N) is 1. The predicted octanol–water partition coefficient (Wildman–Crippen LogP) is 2.49. The van der Waals surface area contributed by atoms with Gasteiger partial charge in [-0.3, -0.25) is 0 Å². The van der Waals surface area contributed by atoms with Crippen molar-refractivity contribution < 1.29 is 8.42 Å². The van der Waals surface area contributed by atoms with Gasteiger partial charge in [0.1, 0.15) is 0 Å². The Hall–Kier alpha value is -0.910. The predicted molar refractivity (Wildman–Crippen MR) is 83.2 cm³/mol. The largest absolute Gasteiger partial charge is 0.327 e. The molecule has 2 aliphatic rings. The second-order valence-electron chi connectivity index (χ2n) is 6.30. The first-order chi connectivity index (χ1) is 10.0. The van der Waals surface area contributed by atoms with Gasteiger partial charge in [-0.05, 0) is 49.7 Å². The van der Waals surface area contributed by atoms with Crippen molar-refractivity contribution in [1.82, 2.24) is 4.31 Å². The topological polar surface area (TPSA) is 63.4 Å². The summed E-state index contributed by atoms with van der Waals surface area (Å²) in [5.74, 6) is 0.555. The summed E-state index contributed by atoms with van der Waals surface area (Å²) in [4.78, 5) is 0.498. The molecule has 1 aliphatic heterocycles. The Morgan fingerprint density at radius 2 is 1.90 bits per heavy atom. The Kier molecular flexibility index (Phi) is 4.08. The van der Waals surface area contributed by atoms with E-state index in [1.165, 1.54) is 0 Å². The maximum absolute atomic E-state index is 12.7. The SMILES string of the molecule is CCC(N)C1CCC(N2Cc3ccccc3S2(=O)=O)CC1. The van der Waals surface area contributed by atoms with Gasteiger partial charge in [0, 0.05) is 18.6 Å². The Labute approximate surface area is 127 Å². The zero-order valence-corrected chi connectivity index (χ0v) is 13.3. The van der Waals surface area contributed by atoms with E-state index in [1.54, 1.807) is 16.4 Å². The highest BCUT2D eigenvalue weighted by Gasteiger charge is 2.40. The molecule has 1 heterocycles. The van der Waals surface area contributed by atoms with Gasteiger partial charge in [-0.1, -0.05) is 25.1 Å². The van der Waals surface area contributed by atoms with Gasteiger partial charge in [-0.15, -0.1) is 0 Å². The van der Waals surface area contributed by atoms with Crippen molar-refractivity contribution in [2.75, 3.05) is 0 Å². The molecular weight excluding hydrogens is 284 g/mol. The normalized spacial score (nSPS) is 30.0. The summed E-state index contributed by atoms with van der Waals surface area (Å²) in [6.07, 6.45) is 4.96. The lowest BCUT2D eigenvalue weighted by atomic mass is 9.81. The lowest BCUT2D eigenvalue weighted by Gasteiger charge is -2.35. The summed E-state index contributed by atoms with van der Waals surface area (Å²) in [6.45, 7) is 2.66. The van der Waals surface area contributed by atoms with Gasteiger partial charge in [0.05, 0.1) is 4.90 Å². The molecule has 3 rings (SSSR count). The number of nitrogens with two attached hydrogens (primary N) is 1. The molecule has 5 heteroatoms. The molecule has 1 aromatic rings. The van der Waals surface area contributed by atoms with Gasteiger partial charge in [-0.25, -0.2) is 8.42 Å². The van der Waals surface area contributed by atoms with Gasteiger partial charge in [-0.2, -0.15) is 4.31 Å². The average molecular weight is 308 g/mol. The molecule has 1 unspecified atom stereocenters. The van der Waals surface area contributed by atoms with Crippen LogP contribution in [0, 0.1) is 5.92 Å². The first-order valence-electron chi connectivity index (χ1n) is 7.89. The molecule has 1 aromatic carbocycles. The van der Waals surface area contributed by atoms with Crippen molar-refractivity contribution >= 4 is 10.0 Å². The van der Waals surface area contributed by atoms with Crippen LogP contribution in [0.3, 0.4) is 0 Å². The van der Waals surface area contributed by atoms with Gasteiger partial charge in [0.15, 0.2) is 0 Å². The maximum Gasteiger partial charge on any atom is 0.243 e. The van der Waals surface area contributed by atoms with E-state index in [4.69, 9.17) is 5.73 Å². The molecule has 0 radical (unpaired) electrons. The highest BCUT2D eigenvalue weighted by atomic mass is 32.2. The van der Waals surface area contributed by atoms with E-state index in [0.717, 1.165) is 37.7 Å². The lowest BCUT2D eigenvalue weighted by Crippen LogP contribution is -2.41. The molecule has 4 nitrogen and oxygen atoms in total. The van der Waals surface area contributed by atoms with E-state index in [9.17, 15) is 8.42 Å². The fourth-order valence-electron chi connectivity index (χ4n) is 3.74. The van der Waals surface area contributed by atoms with Gasteiger partial charge < -0.3 is 5.73 Å². The lowest BCUT2D eigenvalue weighted by molar-refractivity contribution is 0.197. The highest BCUT2D eigenvalue weighted by molar-refractivity contribution is 7.89. The molecule has 0 spiro atoms. The first-order valence-corrected chi connectivity index (χ1v) is 9.33. The molecule has 0 aromatic heterocycles. The molecule has 1 saturated carbocycles. The molecule has 1 aliphatic carbocycles. The van der Waals surface area contributed by atoms with Crippen molar-refractivity contribution in [3.05, 3.63) is 29.8 Å². The minimum atomic E-state index is -3.29.